The summed E-state index contributed by atoms with van der Waals surface area (Å²) in [5, 5.41) is 0. The van der Waals surface area contributed by atoms with E-state index in [2.05, 4.69) is 15.0 Å². The van der Waals surface area contributed by atoms with Crippen LogP contribution in [-0.4, -0.2) is 22.1 Å². The molecule has 0 fully saturated rings. The van der Waals surface area contributed by atoms with Gasteiger partial charge >= 0.3 is 0 Å². The van der Waals surface area contributed by atoms with Gasteiger partial charge in [0.15, 0.2) is 5.82 Å². The second-order valence-corrected chi connectivity index (χ2v) is 4.15. The lowest BCUT2D eigenvalue weighted by Gasteiger charge is -2.09. The Hall–Kier alpha value is -2.76. The Morgan fingerprint density at radius 2 is 1.95 bits per heavy atom. The summed E-state index contributed by atoms with van der Waals surface area (Å²) in [6.07, 6.45) is 1.34. The fourth-order valence-corrected chi connectivity index (χ4v) is 1.99. The van der Waals surface area contributed by atoms with Crippen LogP contribution < -0.4 is 10.5 Å². The van der Waals surface area contributed by atoms with E-state index < -0.39 is 0 Å². The molecule has 0 aliphatic rings. The van der Waals surface area contributed by atoms with Crippen molar-refractivity contribution in [1.29, 1.82) is 0 Å². The van der Waals surface area contributed by atoms with E-state index in [9.17, 15) is 4.39 Å². The van der Waals surface area contributed by atoms with Gasteiger partial charge in [-0.1, -0.05) is 12.1 Å². The minimum absolute atomic E-state index is 0.228. The number of benzene rings is 1. The number of anilines is 1. The molecule has 0 aliphatic heterocycles. The number of fused-ring (bicyclic) bond motifs is 1. The molecule has 0 unspecified atom stereocenters. The highest BCUT2D eigenvalue weighted by Gasteiger charge is 2.13. The molecule has 1 aromatic carbocycles. The largest absolute Gasteiger partial charge is 0.494 e. The van der Waals surface area contributed by atoms with E-state index in [4.69, 9.17) is 10.5 Å². The Kier molecular flexibility index (Phi) is 2.90. The summed E-state index contributed by atoms with van der Waals surface area (Å²) >= 11 is 0. The van der Waals surface area contributed by atoms with Crippen LogP contribution in [0.5, 0.6) is 5.75 Å². The molecule has 0 saturated carbocycles. The van der Waals surface area contributed by atoms with Gasteiger partial charge in [-0.2, -0.15) is 0 Å². The summed E-state index contributed by atoms with van der Waals surface area (Å²) in [6.45, 7) is 0. The number of pyridine rings is 1. The van der Waals surface area contributed by atoms with Gasteiger partial charge < -0.3 is 10.5 Å². The zero-order valence-corrected chi connectivity index (χ0v) is 10.7. The van der Waals surface area contributed by atoms with Crippen molar-refractivity contribution in [1.82, 2.24) is 15.0 Å². The van der Waals surface area contributed by atoms with E-state index in [1.165, 1.54) is 19.5 Å². The SMILES string of the molecule is COc1cc(-c2ccccc2F)nc2c(N)ncnc12. The topological polar surface area (TPSA) is 73.9 Å². The Morgan fingerprint density at radius 3 is 2.70 bits per heavy atom. The van der Waals surface area contributed by atoms with Crippen LogP contribution in [0.4, 0.5) is 10.2 Å². The molecule has 5 nitrogen and oxygen atoms in total. The minimum atomic E-state index is -0.364. The number of nitrogen functional groups attached to an aromatic ring is 1. The van der Waals surface area contributed by atoms with Crippen LogP contribution in [0.2, 0.25) is 0 Å². The molecule has 100 valence electrons. The van der Waals surface area contributed by atoms with Gasteiger partial charge in [0.05, 0.1) is 12.8 Å². The molecule has 0 aliphatic carbocycles. The highest BCUT2D eigenvalue weighted by atomic mass is 19.1. The maximum Gasteiger partial charge on any atom is 0.153 e. The third-order valence-electron chi connectivity index (χ3n) is 2.95. The van der Waals surface area contributed by atoms with Gasteiger partial charge in [-0.25, -0.2) is 19.3 Å². The fraction of sp³-hybridized carbons (Fsp3) is 0.0714. The van der Waals surface area contributed by atoms with Crippen molar-refractivity contribution in [2.45, 2.75) is 0 Å². The molecule has 0 spiro atoms. The van der Waals surface area contributed by atoms with Crippen LogP contribution in [0.1, 0.15) is 0 Å². The van der Waals surface area contributed by atoms with E-state index in [1.54, 1.807) is 24.3 Å². The van der Waals surface area contributed by atoms with Crippen LogP contribution in [0.15, 0.2) is 36.7 Å². The lowest BCUT2D eigenvalue weighted by atomic mass is 10.1. The van der Waals surface area contributed by atoms with Crippen molar-refractivity contribution in [2.75, 3.05) is 12.8 Å². The minimum Gasteiger partial charge on any atom is -0.494 e. The molecular formula is C14H11FN4O. The van der Waals surface area contributed by atoms with E-state index in [0.717, 1.165) is 0 Å². The van der Waals surface area contributed by atoms with Crippen LogP contribution >= 0.6 is 0 Å². The molecular weight excluding hydrogens is 259 g/mol. The standard InChI is InChI=1S/C14H11FN4O/c1-20-11-6-10(8-4-2-3-5-9(8)15)19-13-12(11)17-7-18-14(13)16/h2-7H,1H3,(H2,16,17,18). The van der Waals surface area contributed by atoms with Gasteiger partial charge in [0.2, 0.25) is 0 Å². The third kappa shape index (κ3) is 1.91. The number of halogens is 1. The summed E-state index contributed by atoms with van der Waals surface area (Å²) in [5.74, 6) is 0.339. The molecule has 20 heavy (non-hydrogen) atoms. The van der Waals surface area contributed by atoms with Crippen molar-refractivity contribution in [3.63, 3.8) is 0 Å². The average molecular weight is 270 g/mol. The van der Waals surface area contributed by atoms with Crippen LogP contribution in [-0.2, 0) is 0 Å². The Morgan fingerprint density at radius 1 is 1.15 bits per heavy atom. The molecule has 0 bridgehead atoms. The molecule has 0 saturated heterocycles. The molecule has 2 N–H and O–H groups in total. The van der Waals surface area contributed by atoms with E-state index in [1.807, 2.05) is 0 Å². The van der Waals surface area contributed by atoms with Crippen molar-refractivity contribution < 1.29 is 9.13 Å². The second kappa shape index (κ2) is 4.73. The number of hydrogen-bond donors (Lipinski definition) is 1. The number of methoxy groups -OCH3 is 1. The van der Waals surface area contributed by atoms with E-state index in [0.29, 0.717) is 28.0 Å². The Labute approximate surface area is 114 Å². The molecule has 2 aromatic heterocycles. The summed E-state index contributed by atoms with van der Waals surface area (Å²) < 4.78 is 19.1. The number of hydrogen-bond acceptors (Lipinski definition) is 5. The van der Waals surface area contributed by atoms with Crippen molar-refractivity contribution >= 4 is 16.9 Å². The monoisotopic (exact) mass is 270 g/mol. The third-order valence-corrected chi connectivity index (χ3v) is 2.95. The normalized spacial score (nSPS) is 10.7. The number of aromatic nitrogens is 3. The van der Waals surface area contributed by atoms with Crippen molar-refractivity contribution in [2.24, 2.45) is 0 Å². The zero-order valence-electron chi connectivity index (χ0n) is 10.7. The molecule has 0 atom stereocenters. The molecule has 3 aromatic rings. The van der Waals surface area contributed by atoms with Gasteiger partial charge in [0, 0.05) is 11.6 Å². The first-order valence-electron chi connectivity index (χ1n) is 5.91. The number of nitrogens with two attached hydrogens (primary N) is 1. The van der Waals surface area contributed by atoms with Gasteiger partial charge in [0.25, 0.3) is 0 Å². The summed E-state index contributed by atoms with van der Waals surface area (Å²) in [5.41, 5.74) is 7.49. The van der Waals surface area contributed by atoms with Crippen LogP contribution in [0, 0.1) is 5.82 Å². The van der Waals surface area contributed by atoms with Gasteiger partial charge in [-0.3, -0.25) is 0 Å². The van der Waals surface area contributed by atoms with Gasteiger partial charge in [-0.15, -0.1) is 0 Å². The van der Waals surface area contributed by atoms with Crippen LogP contribution in [0.3, 0.4) is 0 Å². The van der Waals surface area contributed by atoms with Gasteiger partial charge in [-0.05, 0) is 12.1 Å². The van der Waals surface area contributed by atoms with Gasteiger partial charge in [0.1, 0.15) is 28.9 Å². The first-order chi connectivity index (χ1) is 9.70. The highest BCUT2D eigenvalue weighted by molar-refractivity contribution is 5.90. The average Bonchev–Trinajstić information content (AvgIpc) is 2.47. The first-order valence-corrected chi connectivity index (χ1v) is 5.91. The lowest BCUT2D eigenvalue weighted by molar-refractivity contribution is 0.418. The molecule has 3 rings (SSSR count). The molecule has 6 heteroatoms. The lowest BCUT2D eigenvalue weighted by Crippen LogP contribution is -1.99. The smallest absolute Gasteiger partial charge is 0.153 e. The predicted molar refractivity (Wildman–Crippen MR) is 73.7 cm³/mol. The molecule has 2 heterocycles. The fourth-order valence-electron chi connectivity index (χ4n) is 1.99. The first kappa shape index (κ1) is 12.3. The summed E-state index contributed by atoms with van der Waals surface area (Å²) in [4.78, 5) is 12.3. The van der Waals surface area contributed by atoms with E-state index >= 15 is 0 Å². The quantitative estimate of drug-likeness (QED) is 0.774. The molecule has 0 amide bonds. The highest BCUT2D eigenvalue weighted by Crippen LogP contribution is 2.31. The Balaban J connectivity index is 2.33. The maximum absolute atomic E-state index is 13.9. The number of nitrogens with zero attached hydrogens (tertiary/aromatic N) is 3. The zero-order chi connectivity index (χ0) is 14.1. The van der Waals surface area contributed by atoms with E-state index in [-0.39, 0.29) is 11.6 Å². The predicted octanol–water partition coefficient (Wildman–Crippen LogP) is 2.42. The van der Waals surface area contributed by atoms with Crippen molar-refractivity contribution in [3.05, 3.63) is 42.5 Å². The molecule has 0 radical (unpaired) electrons. The summed E-state index contributed by atoms with van der Waals surface area (Å²) in [7, 11) is 1.51. The van der Waals surface area contributed by atoms with Crippen LogP contribution in [0.25, 0.3) is 22.3 Å². The van der Waals surface area contributed by atoms with Crippen molar-refractivity contribution in [3.8, 4) is 17.0 Å². The maximum atomic E-state index is 13.9. The number of rotatable bonds is 2. The number of ether oxygens (including phenoxy) is 1. The second-order valence-electron chi connectivity index (χ2n) is 4.15. The summed E-state index contributed by atoms with van der Waals surface area (Å²) in [6, 6.07) is 8.00. The Bertz CT molecular complexity index is 791.